The van der Waals surface area contributed by atoms with Crippen LogP contribution in [0.25, 0.3) is 0 Å². The zero-order chi connectivity index (χ0) is 18.3. The van der Waals surface area contributed by atoms with Crippen LogP contribution in [0.3, 0.4) is 0 Å². The number of likely N-dealkylation sites (tertiary alicyclic amines) is 1. The molecule has 0 aliphatic carbocycles. The number of hydrogen-bond donors (Lipinski definition) is 1. The summed E-state index contributed by atoms with van der Waals surface area (Å²) in [6.45, 7) is 0.920. The molecule has 25 heavy (non-hydrogen) atoms. The largest absolute Gasteiger partial charge is 0.406 e. The van der Waals surface area contributed by atoms with Crippen LogP contribution in [0.2, 0.25) is 0 Å². The van der Waals surface area contributed by atoms with Crippen molar-refractivity contribution in [2.24, 2.45) is 11.7 Å². The van der Waals surface area contributed by atoms with Gasteiger partial charge in [0.1, 0.15) is 6.54 Å². The maximum atomic E-state index is 12.6. The highest BCUT2D eigenvalue weighted by Crippen LogP contribution is 2.23. The van der Waals surface area contributed by atoms with Crippen molar-refractivity contribution in [1.29, 1.82) is 0 Å². The fourth-order valence-corrected chi connectivity index (χ4v) is 3.29. The molecule has 5 nitrogen and oxygen atoms in total. The Morgan fingerprint density at radius 3 is 2.56 bits per heavy atom. The molecular weight excluding hydrogens is 379 g/mol. The summed E-state index contributed by atoms with van der Waals surface area (Å²) in [6.07, 6.45) is -0.856. The number of alkyl halides is 3. The second-order valence-electron chi connectivity index (χ2n) is 5.98. The minimum absolute atomic E-state index is 0. The predicted octanol–water partition coefficient (Wildman–Crippen LogP) is 2.14. The van der Waals surface area contributed by atoms with Gasteiger partial charge in [-0.3, -0.25) is 9.59 Å². The summed E-state index contributed by atoms with van der Waals surface area (Å²) in [5.74, 6) is -0.582. The van der Waals surface area contributed by atoms with E-state index < -0.39 is 30.6 Å². The lowest BCUT2D eigenvalue weighted by atomic mass is 9.95. The summed E-state index contributed by atoms with van der Waals surface area (Å²) < 4.78 is 37.7. The van der Waals surface area contributed by atoms with E-state index in [1.165, 1.54) is 11.8 Å². The van der Waals surface area contributed by atoms with Crippen molar-refractivity contribution >= 4 is 36.0 Å². The third-order valence-electron chi connectivity index (χ3n) is 4.10. The second-order valence-corrected chi connectivity index (χ2v) is 6.96. The highest BCUT2D eigenvalue weighted by molar-refractivity contribution is 7.98. The van der Waals surface area contributed by atoms with E-state index in [2.05, 4.69) is 0 Å². The molecule has 10 heteroatoms. The van der Waals surface area contributed by atoms with Crippen LogP contribution in [0.1, 0.15) is 26.2 Å². The third kappa shape index (κ3) is 8.04. The minimum Gasteiger partial charge on any atom is -0.341 e. The van der Waals surface area contributed by atoms with E-state index in [4.69, 9.17) is 5.73 Å². The molecule has 2 atom stereocenters. The number of nitrogens with two attached hydrogens (primary N) is 1. The van der Waals surface area contributed by atoms with Crippen LogP contribution in [-0.2, 0) is 9.59 Å². The number of carbonyl (C=O) groups is 2. The fourth-order valence-electron chi connectivity index (χ4n) is 2.80. The monoisotopic (exact) mass is 405 g/mol. The van der Waals surface area contributed by atoms with E-state index in [0.717, 1.165) is 10.7 Å². The average molecular weight is 406 g/mol. The smallest absolute Gasteiger partial charge is 0.341 e. The summed E-state index contributed by atoms with van der Waals surface area (Å²) in [5.41, 5.74) is 5.88. The Bertz CT molecular complexity index is 441. The molecule has 0 aromatic carbocycles. The fraction of sp³-hybridized carbons (Fsp3) is 0.867. The van der Waals surface area contributed by atoms with Gasteiger partial charge in [-0.1, -0.05) is 0 Å². The Labute approximate surface area is 157 Å². The Morgan fingerprint density at radius 2 is 2.04 bits per heavy atom. The number of halogens is 4. The average Bonchev–Trinajstić information content (AvgIpc) is 2.55. The first-order chi connectivity index (χ1) is 11.2. The van der Waals surface area contributed by atoms with Crippen LogP contribution in [0, 0.1) is 5.92 Å². The van der Waals surface area contributed by atoms with Gasteiger partial charge in [-0.25, -0.2) is 0 Å². The minimum atomic E-state index is -4.42. The maximum Gasteiger partial charge on any atom is 0.406 e. The number of piperidine rings is 1. The SMILES string of the molecule is CCN(CC(F)(F)F)C(=O)C1CCCN(C(=O)[C@@H](N)CCSC)C1.Cl. The molecule has 1 rings (SSSR count). The first-order valence-corrected chi connectivity index (χ1v) is 9.47. The van der Waals surface area contributed by atoms with Gasteiger partial charge in [-0.2, -0.15) is 24.9 Å². The van der Waals surface area contributed by atoms with E-state index in [1.807, 2.05) is 6.26 Å². The van der Waals surface area contributed by atoms with Gasteiger partial charge in [0, 0.05) is 19.6 Å². The van der Waals surface area contributed by atoms with E-state index >= 15 is 0 Å². The second kappa shape index (κ2) is 11.1. The Balaban J connectivity index is 0.00000576. The lowest BCUT2D eigenvalue weighted by molar-refractivity contribution is -0.164. The lowest BCUT2D eigenvalue weighted by Gasteiger charge is -2.36. The topological polar surface area (TPSA) is 66.6 Å². The molecule has 1 unspecified atom stereocenters. The van der Waals surface area contributed by atoms with E-state index in [-0.39, 0.29) is 31.4 Å². The van der Waals surface area contributed by atoms with Crippen molar-refractivity contribution in [3.05, 3.63) is 0 Å². The number of amides is 2. The molecule has 2 N–H and O–H groups in total. The molecule has 0 aromatic heterocycles. The summed E-state index contributed by atoms with van der Waals surface area (Å²) in [5, 5.41) is 0. The Morgan fingerprint density at radius 1 is 1.40 bits per heavy atom. The molecule has 0 spiro atoms. The van der Waals surface area contributed by atoms with Crippen molar-refractivity contribution < 1.29 is 22.8 Å². The van der Waals surface area contributed by atoms with E-state index in [0.29, 0.717) is 25.8 Å². The van der Waals surface area contributed by atoms with Gasteiger partial charge in [0.15, 0.2) is 0 Å². The van der Waals surface area contributed by atoms with Crippen LogP contribution in [-0.4, -0.2) is 72.0 Å². The first kappa shape index (κ1) is 24.3. The Kier molecular flexibility index (Phi) is 10.8. The molecule has 0 saturated carbocycles. The molecule has 0 radical (unpaired) electrons. The normalized spacial score (nSPS) is 19.1. The zero-order valence-electron chi connectivity index (χ0n) is 14.6. The predicted molar refractivity (Wildman–Crippen MR) is 95.8 cm³/mol. The van der Waals surface area contributed by atoms with Crippen molar-refractivity contribution in [1.82, 2.24) is 9.80 Å². The van der Waals surface area contributed by atoms with Gasteiger partial charge in [0.25, 0.3) is 0 Å². The number of hydrogen-bond acceptors (Lipinski definition) is 4. The molecule has 2 amide bonds. The Hall–Kier alpha value is -0.670. The van der Waals surface area contributed by atoms with Crippen LogP contribution in [0.4, 0.5) is 13.2 Å². The van der Waals surface area contributed by atoms with Crippen LogP contribution >= 0.6 is 24.2 Å². The van der Waals surface area contributed by atoms with Gasteiger partial charge in [0.2, 0.25) is 11.8 Å². The quantitative estimate of drug-likeness (QED) is 0.704. The summed E-state index contributed by atoms with van der Waals surface area (Å²) in [6, 6.07) is -0.622. The lowest BCUT2D eigenvalue weighted by Crippen LogP contribution is -2.52. The van der Waals surface area contributed by atoms with Gasteiger partial charge >= 0.3 is 6.18 Å². The first-order valence-electron chi connectivity index (χ1n) is 8.08. The molecule has 1 aliphatic rings. The molecule has 1 saturated heterocycles. The molecular formula is C15H27ClF3N3O2S. The van der Waals surface area contributed by atoms with Gasteiger partial charge in [-0.05, 0) is 38.2 Å². The number of carbonyl (C=O) groups excluding carboxylic acids is 2. The van der Waals surface area contributed by atoms with Crippen molar-refractivity contribution in [3.8, 4) is 0 Å². The molecule has 1 aliphatic heterocycles. The molecule has 148 valence electrons. The highest BCUT2D eigenvalue weighted by Gasteiger charge is 2.37. The molecule has 1 heterocycles. The van der Waals surface area contributed by atoms with E-state index in [1.54, 1.807) is 11.8 Å². The maximum absolute atomic E-state index is 12.6. The number of nitrogens with zero attached hydrogens (tertiary/aromatic N) is 2. The molecule has 1 fully saturated rings. The van der Waals surface area contributed by atoms with Gasteiger partial charge in [-0.15, -0.1) is 12.4 Å². The van der Waals surface area contributed by atoms with Gasteiger partial charge < -0.3 is 15.5 Å². The third-order valence-corrected chi connectivity index (χ3v) is 4.74. The van der Waals surface area contributed by atoms with Gasteiger partial charge in [0.05, 0.1) is 12.0 Å². The molecule has 0 bridgehead atoms. The zero-order valence-corrected chi connectivity index (χ0v) is 16.2. The molecule has 0 aromatic rings. The van der Waals surface area contributed by atoms with Crippen LogP contribution < -0.4 is 5.73 Å². The van der Waals surface area contributed by atoms with Crippen LogP contribution in [0.15, 0.2) is 0 Å². The van der Waals surface area contributed by atoms with Crippen LogP contribution in [0.5, 0.6) is 0 Å². The highest BCUT2D eigenvalue weighted by atomic mass is 35.5. The summed E-state index contributed by atoms with van der Waals surface area (Å²) in [7, 11) is 0. The summed E-state index contributed by atoms with van der Waals surface area (Å²) in [4.78, 5) is 27.0. The number of rotatable bonds is 7. The van der Waals surface area contributed by atoms with Crippen molar-refractivity contribution in [3.63, 3.8) is 0 Å². The van der Waals surface area contributed by atoms with E-state index in [9.17, 15) is 22.8 Å². The number of thioether (sulfide) groups is 1. The van der Waals surface area contributed by atoms with Crippen molar-refractivity contribution in [2.75, 3.05) is 38.2 Å². The van der Waals surface area contributed by atoms with Crippen molar-refractivity contribution in [2.45, 2.75) is 38.4 Å². The summed E-state index contributed by atoms with van der Waals surface area (Å²) >= 11 is 1.59. The standard InChI is InChI=1S/C15H26F3N3O2S.ClH/c1-3-20(10-15(16,17)18)13(22)11-5-4-7-21(9-11)14(23)12(19)6-8-24-2;/h11-12H,3-10,19H2,1-2H3;1H/t11?,12-;/m0./s1.